The van der Waals surface area contributed by atoms with E-state index < -0.39 is 0 Å². The maximum absolute atomic E-state index is 12.4. The lowest BCUT2D eigenvalue weighted by Gasteiger charge is -2.07. The molecule has 2 aromatic carbocycles. The molecule has 0 spiro atoms. The molecule has 1 saturated carbocycles. The Morgan fingerprint density at radius 2 is 1.93 bits per heavy atom. The Labute approximate surface area is 175 Å². The highest BCUT2D eigenvalue weighted by molar-refractivity contribution is 6.36. The summed E-state index contributed by atoms with van der Waals surface area (Å²) < 4.78 is 0. The molecule has 2 atom stereocenters. The number of hydrogen-bond donors (Lipinski definition) is 2. The van der Waals surface area contributed by atoms with Gasteiger partial charge in [-0.05, 0) is 60.4 Å². The maximum Gasteiger partial charge on any atom is 0.252 e. The summed E-state index contributed by atoms with van der Waals surface area (Å²) >= 11 is 12.0. The van der Waals surface area contributed by atoms with Crippen molar-refractivity contribution in [2.75, 3.05) is 6.54 Å². The number of carbonyl (C=O) groups is 1. The van der Waals surface area contributed by atoms with Crippen LogP contribution in [0.5, 0.6) is 0 Å². The number of benzene rings is 2. The highest BCUT2D eigenvalue weighted by Gasteiger charge is 2.58. The van der Waals surface area contributed by atoms with Crippen molar-refractivity contribution in [2.24, 2.45) is 11.3 Å². The van der Waals surface area contributed by atoms with Gasteiger partial charge in [0.05, 0.1) is 10.6 Å². The Hall–Kier alpha value is -1.97. The summed E-state index contributed by atoms with van der Waals surface area (Å²) in [6.45, 7) is 7.43. The number of aromatic nitrogens is 1. The number of carbonyl (C=O) groups excluding carboxylic acids is 1. The lowest BCUT2D eigenvalue weighted by molar-refractivity contribution is 0.0952. The van der Waals surface area contributed by atoms with Crippen LogP contribution in [0, 0.1) is 18.3 Å². The van der Waals surface area contributed by atoms with Crippen molar-refractivity contribution in [1.29, 1.82) is 0 Å². The first kappa shape index (κ1) is 19.4. The van der Waals surface area contributed by atoms with Crippen LogP contribution in [0.1, 0.15) is 47.8 Å². The van der Waals surface area contributed by atoms with Gasteiger partial charge in [-0.1, -0.05) is 55.2 Å². The van der Waals surface area contributed by atoms with E-state index in [4.69, 9.17) is 23.2 Å². The molecule has 2 unspecified atom stereocenters. The van der Waals surface area contributed by atoms with Crippen molar-refractivity contribution in [2.45, 2.75) is 33.1 Å². The Bertz CT molecular complexity index is 1050. The van der Waals surface area contributed by atoms with Crippen molar-refractivity contribution in [3.05, 3.63) is 69.3 Å². The second-order valence-corrected chi connectivity index (χ2v) is 9.13. The zero-order valence-electron chi connectivity index (χ0n) is 16.3. The average molecular weight is 415 g/mol. The molecule has 146 valence electrons. The van der Waals surface area contributed by atoms with Gasteiger partial charge in [-0.2, -0.15) is 0 Å². The van der Waals surface area contributed by atoms with Crippen molar-refractivity contribution in [1.82, 2.24) is 10.3 Å². The molecule has 1 heterocycles. The molecule has 3 nitrogen and oxygen atoms in total. The molecule has 1 aliphatic rings. The summed E-state index contributed by atoms with van der Waals surface area (Å²) in [6.07, 6.45) is 0.938. The number of para-hydroxylation sites is 1. The predicted octanol–water partition coefficient (Wildman–Crippen LogP) is 6.34. The number of aromatic amines is 1. The van der Waals surface area contributed by atoms with E-state index in [9.17, 15) is 4.79 Å². The van der Waals surface area contributed by atoms with E-state index in [-0.39, 0.29) is 11.3 Å². The minimum atomic E-state index is -0.153. The molecule has 0 bridgehead atoms. The third kappa shape index (κ3) is 3.31. The van der Waals surface area contributed by atoms with Gasteiger partial charge >= 0.3 is 0 Å². The van der Waals surface area contributed by atoms with E-state index in [1.165, 1.54) is 22.2 Å². The van der Waals surface area contributed by atoms with Gasteiger partial charge < -0.3 is 10.3 Å². The molecule has 0 aliphatic heterocycles. The van der Waals surface area contributed by atoms with Gasteiger partial charge in [0, 0.05) is 28.2 Å². The average Bonchev–Trinajstić information content (AvgIpc) is 3.00. The van der Waals surface area contributed by atoms with Gasteiger partial charge in [-0.3, -0.25) is 4.79 Å². The van der Waals surface area contributed by atoms with Crippen molar-refractivity contribution in [3.63, 3.8) is 0 Å². The minimum absolute atomic E-state index is 0.153. The zero-order valence-corrected chi connectivity index (χ0v) is 17.8. The third-order valence-corrected chi connectivity index (χ3v) is 6.77. The molecule has 0 radical (unpaired) electrons. The van der Waals surface area contributed by atoms with Crippen molar-refractivity contribution >= 4 is 40.0 Å². The number of nitrogens with one attached hydrogen (secondary N) is 2. The van der Waals surface area contributed by atoms with Crippen LogP contribution in [-0.4, -0.2) is 17.4 Å². The first-order valence-electron chi connectivity index (χ1n) is 9.61. The van der Waals surface area contributed by atoms with Gasteiger partial charge in [0.1, 0.15) is 0 Å². The molecule has 28 heavy (non-hydrogen) atoms. The van der Waals surface area contributed by atoms with E-state index in [1.807, 2.05) is 0 Å². The van der Waals surface area contributed by atoms with Crippen LogP contribution >= 0.6 is 23.2 Å². The first-order valence-corrected chi connectivity index (χ1v) is 10.4. The molecule has 1 aliphatic carbocycles. The predicted molar refractivity (Wildman–Crippen MR) is 116 cm³/mol. The Morgan fingerprint density at radius 3 is 2.68 bits per heavy atom. The molecule has 1 aromatic heterocycles. The van der Waals surface area contributed by atoms with E-state index >= 15 is 0 Å². The summed E-state index contributed by atoms with van der Waals surface area (Å²) in [5.74, 6) is 0.881. The fourth-order valence-corrected chi connectivity index (χ4v) is 5.16. The largest absolute Gasteiger partial charge is 0.358 e. The number of fused-ring (bicyclic) bond motifs is 1. The zero-order chi connectivity index (χ0) is 20.1. The van der Waals surface area contributed by atoms with Gasteiger partial charge in [-0.25, -0.2) is 0 Å². The molecule has 1 amide bonds. The molecular formula is C23H24Cl2N2O. The van der Waals surface area contributed by atoms with Gasteiger partial charge in [0.2, 0.25) is 0 Å². The normalized spacial score (nSPS) is 20.3. The van der Waals surface area contributed by atoms with Crippen LogP contribution in [0.15, 0.2) is 42.5 Å². The number of hydrogen-bond acceptors (Lipinski definition) is 1. The van der Waals surface area contributed by atoms with Crippen LogP contribution in [0.4, 0.5) is 0 Å². The smallest absolute Gasteiger partial charge is 0.252 e. The standard InChI is InChI=1S/C23H24Cl2N2O/c1-13-20(16-6-4-5-7-19(16)27-13)21-17(23(21,2)3)10-11-26-22(28)15-9-8-14(24)12-18(15)25/h4-9,12,17,21,27H,10-11H2,1-3H3,(H,26,28). The number of rotatable bonds is 5. The van der Waals surface area contributed by atoms with E-state index in [0.717, 1.165) is 6.42 Å². The summed E-state index contributed by atoms with van der Waals surface area (Å²) in [5.41, 5.74) is 4.56. The van der Waals surface area contributed by atoms with E-state index in [1.54, 1.807) is 18.2 Å². The summed E-state index contributed by atoms with van der Waals surface area (Å²) in [5, 5.41) is 5.23. The first-order chi connectivity index (χ1) is 13.3. The number of amides is 1. The Balaban J connectivity index is 1.44. The molecule has 5 heteroatoms. The summed E-state index contributed by atoms with van der Waals surface area (Å²) in [6, 6.07) is 13.4. The van der Waals surface area contributed by atoms with Crippen LogP contribution in [0.3, 0.4) is 0 Å². The molecule has 2 N–H and O–H groups in total. The second-order valence-electron chi connectivity index (χ2n) is 8.28. The van der Waals surface area contributed by atoms with Crippen molar-refractivity contribution < 1.29 is 4.79 Å². The number of aryl methyl sites for hydroxylation is 1. The molecule has 1 fully saturated rings. The highest BCUT2D eigenvalue weighted by atomic mass is 35.5. The van der Waals surface area contributed by atoms with Crippen LogP contribution in [-0.2, 0) is 0 Å². The molecule has 4 rings (SSSR count). The summed E-state index contributed by atoms with van der Waals surface area (Å²) in [4.78, 5) is 16.0. The fraction of sp³-hybridized carbons (Fsp3) is 0.348. The van der Waals surface area contributed by atoms with Crippen LogP contribution in [0.25, 0.3) is 10.9 Å². The Morgan fingerprint density at radius 1 is 1.18 bits per heavy atom. The van der Waals surface area contributed by atoms with Gasteiger partial charge in [0.15, 0.2) is 0 Å². The summed E-state index contributed by atoms with van der Waals surface area (Å²) in [7, 11) is 0. The monoisotopic (exact) mass is 414 g/mol. The quantitative estimate of drug-likeness (QED) is 0.502. The highest BCUT2D eigenvalue weighted by Crippen LogP contribution is 2.67. The van der Waals surface area contributed by atoms with Crippen molar-refractivity contribution in [3.8, 4) is 0 Å². The van der Waals surface area contributed by atoms with Gasteiger partial charge in [0.25, 0.3) is 5.91 Å². The number of H-pyrrole nitrogens is 1. The van der Waals surface area contributed by atoms with Crippen LogP contribution < -0.4 is 5.32 Å². The third-order valence-electron chi connectivity index (χ3n) is 6.22. The lowest BCUT2D eigenvalue weighted by atomic mass is 10.0. The molecule has 0 saturated heterocycles. The van der Waals surface area contributed by atoms with Gasteiger partial charge in [-0.15, -0.1) is 0 Å². The minimum Gasteiger partial charge on any atom is -0.358 e. The van der Waals surface area contributed by atoms with E-state index in [0.29, 0.717) is 34.0 Å². The van der Waals surface area contributed by atoms with Crippen LogP contribution in [0.2, 0.25) is 10.0 Å². The lowest BCUT2D eigenvalue weighted by Crippen LogP contribution is -2.25. The SMILES string of the molecule is Cc1[nH]c2ccccc2c1C1C(CCNC(=O)c2ccc(Cl)cc2Cl)C1(C)C. The fourth-order valence-electron chi connectivity index (χ4n) is 4.67. The molecular weight excluding hydrogens is 391 g/mol. The topological polar surface area (TPSA) is 44.9 Å². The maximum atomic E-state index is 12.4. The number of halogens is 2. The van der Waals surface area contributed by atoms with E-state index in [2.05, 4.69) is 55.3 Å². The second kappa shape index (κ2) is 7.13. The Kier molecular flexibility index (Phi) is 4.93. The molecule has 3 aromatic rings.